The topological polar surface area (TPSA) is 20.2 Å². The highest BCUT2D eigenvalue weighted by molar-refractivity contribution is 6.35. The summed E-state index contributed by atoms with van der Waals surface area (Å²) in [6, 6.07) is 5.79. The molecule has 1 aliphatic carbocycles. The van der Waals surface area contributed by atoms with Gasteiger partial charge in [0, 0.05) is 17.0 Å². The van der Waals surface area contributed by atoms with Gasteiger partial charge in [0.1, 0.15) is 18.2 Å². The first kappa shape index (κ1) is 18.8. The SMILES string of the molecule is C=C(C)C1CCC(C)(O)C([N+](C)(C)Cc2ccc(Cl)cc2Cl)C1. The highest BCUT2D eigenvalue weighted by Crippen LogP contribution is 2.40. The number of aliphatic hydroxyl groups is 1. The lowest BCUT2D eigenvalue weighted by Gasteiger charge is -2.49. The lowest BCUT2D eigenvalue weighted by molar-refractivity contribution is -0.936. The fourth-order valence-corrected chi connectivity index (χ4v) is 4.43. The van der Waals surface area contributed by atoms with Crippen LogP contribution in [0, 0.1) is 5.92 Å². The molecular weight excluding hydrogens is 329 g/mol. The van der Waals surface area contributed by atoms with Gasteiger partial charge in [0.25, 0.3) is 0 Å². The smallest absolute Gasteiger partial charge is 0.118 e. The Hall–Kier alpha value is -0.540. The summed E-state index contributed by atoms with van der Waals surface area (Å²) in [6.07, 6.45) is 2.78. The zero-order valence-corrected chi connectivity index (χ0v) is 16.1. The van der Waals surface area contributed by atoms with Crippen LogP contribution in [0.2, 0.25) is 10.0 Å². The van der Waals surface area contributed by atoms with Crippen LogP contribution in [0.1, 0.15) is 38.7 Å². The van der Waals surface area contributed by atoms with E-state index in [2.05, 4.69) is 27.6 Å². The third kappa shape index (κ3) is 4.30. The highest BCUT2D eigenvalue weighted by atomic mass is 35.5. The van der Waals surface area contributed by atoms with E-state index in [4.69, 9.17) is 23.2 Å². The third-order valence-corrected chi connectivity index (χ3v) is 5.95. The van der Waals surface area contributed by atoms with Crippen molar-refractivity contribution < 1.29 is 9.59 Å². The number of hydrogen-bond donors (Lipinski definition) is 1. The molecular formula is C19H28Cl2NO+. The minimum absolute atomic E-state index is 0.143. The summed E-state index contributed by atoms with van der Waals surface area (Å²) >= 11 is 12.4. The van der Waals surface area contributed by atoms with Crippen LogP contribution in [0.25, 0.3) is 0 Å². The van der Waals surface area contributed by atoms with Crippen LogP contribution in [0.5, 0.6) is 0 Å². The number of quaternary nitrogens is 1. The Labute approximate surface area is 150 Å². The van der Waals surface area contributed by atoms with Crippen molar-refractivity contribution in [3.63, 3.8) is 0 Å². The predicted octanol–water partition coefficient (Wildman–Crippen LogP) is 5.07. The first-order chi connectivity index (χ1) is 10.5. The van der Waals surface area contributed by atoms with E-state index in [0.29, 0.717) is 20.4 Å². The van der Waals surface area contributed by atoms with Gasteiger partial charge in [0.2, 0.25) is 0 Å². The van der Waals surface area contributed by atoms with Gasteiger partial charge in [-0.2, -0.15) is 0 Å². The van der Waals surface area contributed by atoms with Crippen LogP contribution >= 0.6 is 23.2 Å². The minimum Gasteiger partial charge on any atom is -0.384 e. The maximum absolute atomic E-state index is 11.0. The Balaban J connectivity index is 2.26. The lowest BCUT2D eigenvalue weighted by Crippen LogP contribution is -2.61. The molecule has 3 atom stereocenters. The number of benzene rings is 1. The molecule has 0 aromatic heterocycles. The van der Waals surface area contributed by atoms with Gasteiger partial charge < -0.3 is 9.59 Å². The van der Waals surface area contributed by atoms with Crippen molar-refractivity contribution in [2.24, 2.45) is 5.92 Å². The molecule has 0 saturated heterocycles. The molecule has 0 aliphatic heterocycles. The molecule has 0 heterocycles. The van der Waals surface area contributed by atoms with E-state index in [1.807, 2.05) is 19.1 Å². The van der Waals surface area contributed by atoms with E-state index in [0.717, 1.165) is 31.4 Å². The van der Waals surface area contributed by atoms with E-state index in [9.17, 15) is 5.11 Å². The summed E-state index contributed by atoms with van der Waals surface area (Å²) in [5, 5.41) is 12.3. The van der Waals surface area contributed by atoms with Crippen LogP contribution in [-0.4, -0.2) is 35.3 Å². The molecule has 3 unspecified atom stereocenters. The monoisotopic (exact) mass is 356 g/mol. The molecule has 1 aromatic carbocycles. The first-order valence-corrected chi connectivity index (χ1v) is 8.93. The Morgan fingerprint density at radius 1 is 1.39 bits per heavy atom. The van der Waals surface area contributed by atoms with Crippen molar-refractivity contribution in [2.45, 2.75) is 51.3 Å². The van der Waals surface area contributed by atoms with E-state index < -0.39 is 5.60 Å². The second-order valence-corrected chi connectivity index (χ2v) is 8.71. The average Bonchev–Trinajstić information content (AvgIpc) is 2.41. The fourth-order valence-electron chi connectivity index (χ4n) is 3.96. The summed E-state index contributed by atoms with van der Waals surface area (Å²) < 4.78 is 0.693. The number of allylic oxidation sites excluding steroid dienone is 1. The molecule has 2 nitrogen and oxygen atoms in total. The average molecular weight is 357 g/mol. The molecule has 0 amide bonds. The largest absolute Gasteiger partial charge is 0.384 e. The maximum Gasteiger partial charge on any atom is 0.118 e. The zero-order chi connectivity index (χ0) is 17.4. The number of likely N-dealkylation sites (N-methyl/N-ethyl adjacent to an activating group) is 1. The van der Waals surface area contributed by atoms with E-state index in [-0.39, 0.29) is 6.04 Å². The van der Waals surface area contributed by atoms with Crippen molar-refractivity contribution in [1.82, 2.24) is 0 Å². The molecule has 2 rings (SSSR count). The van der Waals surface area contributed by atoms with Crippen molar-refractivity contribution in [3.8, 4) is 0 Å². The molecule has 1 aliphatic rings. The van der Waals surface area contributed by atoms with Crippen LogP contribution < -0.4 is 0 Å². The van der Waals surface area contributed by atoms with Gasteiger partial charge in [-0.1, -0.05) is 41.4 Å². The highest BCUT2D eigenvalue weighted by Gasteiger charge is 2.47. The first-order valence-electron chi connectivity index (χ1n) is 8.17. The normalized spacial score (nSPS) is 28.7. The third-order valence-electron chi connectivity index (χ3n) is 5.36. The van der Waals surface area contributed by atoms with Crippen LogP contribution in [-0.2, 0) is 6.54 Å². The standard InChI is InChI=1S/C19H28Cl2NO/c1-13(2)14-8-9-19(3,23)18(10-14)22(4,5)12-15-6-7-16(20)11-17(15)21/h6-7,11,14,18,23H,1,8-10,12H2,2-5H3/q+1. The number of halogens is 2. The minimum atomic E-state index is -0.672. The summed E-state index contributed by atoms with van der Waals surface area (Å²) in [4.78, 5) is 0. The van der Waals surface area contributed by atoms with Crippen molar-refractivity contribution in [3.05, 3.63) is 46.0 Å². The van der Waals surface area contributed by atoms with Crippen molar-refractivity contribution in [1.29, 1.82) is 0 Å². The van der Waals surface area contributed by atoms with Gasteiger partial charge in [-0.25, -0.2) is 0 Å². The van der Waals surface area contributed by atoms with E-state index in [1.54, 1.807) is 6.07 Å². The Bertz CT molecular complexity index is 595. The number of rotatable bonds is 4. The van der Waals surface area contributed by atoms with Gasteiger partial charge in [-0.15, -0.1) is 0 Å². The molecule has 0 radical (unpaired) electrons. The van der Waals surface area contributed by atoms with Crippen molar-refractivity contribution >= 4 is 23.2 Å². The van der Waals surface area contributed by atoms with Gasteiger partial charge in [-0.05, 0) is 44.7 Å². The zero-order valence-electron chi connectivity index (χ0n) is 14.6. The predicted molar refractivity (Wildman–Crippen MR) is 98.8 cm³/mol. The van der Waals surface area contributed by atoms with E-state index >= 15 is 0 Å². The van der Waals surface area contributed by atoms with Crippen molar-refractivity contribution in [2.75, 3.05) is 14.1 Å². The summed E-state index contributed by atoms with van der Waals surface area (Å²) in [7, 11) is 4.34. The summed E-state index contributed by atoms with van der Waals surface area (Å²) in [5.41, 5.74) is 1.61. The van der Waals surface area contributed by atoms with Gasteiger partial charge in [0.15, 0.2) is 0 Å². The number of hydrogen-bond acceptors (Lipinski definition) is 1. The van der Waals surface area contributed by atoms with Crippen LogP contribution in [0.15, 0.2) is 30.4 Å². The molecule has 128 valence electrons. The van der Waals surface area contributed by atoms with Crippen LogP contribution in [0.3, 0.4) is 0 Å². The molecule has 4 heteroatoms. The van der Waals surface area contributed by atoms with Crippen LogP contribution in [0.4, 0.5) is 0 Å². The lowest BCUT2D eigenvalue weighted by atomic mass is 9.72. The quantitative estimate of drug-likeness (QED) is 0.590. The number of nitrogens with zero attached hydrogens (tertiary/aromatic N) is 1. The Morgan fingerprint density at radius 2 is 2.04 bits per heavy atom. The van der Waals surface area contributed by atoms with Gasteiger partial charge in [-0.3, -0.25) is 0 Å². The molecule has 0 bridgehead atoms. The maximum atomic E-state index is 11.0. The molecule has 1 saturated carbocycles. The summed E-state index contributed by atoms with van der Waals surface area (Å²) in [5.74, 6) is 0.485. The molecule has 1 aromatic rings. The fraction of sp³-hybridized carbons (Fsp3) is 0.579. The molecule has 0 spiro atoms. The van der Waals surface area contributed by atoms with Gasteiger partial charge >= 0.3 is 0 Å². The van der Waals surface area contributed by atoms with E-state index in [1.165, 1.54) is 5.57 Å². The molecule has 1 N–H and O–H groups in total. The molecule has 1 fully saturated rings. The summed E-state index contributed by atoms with van der Waals surface area (Å²) in [6.45, 7) is 8.95. The molecule has 23 heavy (non-hydrogen) atoms. The Kier molecular flexibility index (Phi) is 5.52. The second-order valence-electron chi connectivity index (χ2n) is 7.86. The van der Waals surface area contributed by atoms with Gasteiger partial charge in [0.05, 0.1) is 19.1 Å². The second kappa shape index (κ2) is 6.76. The Morgan fingerprint density at radius 3 is 2.61 bits per heavy atom.